The van der Waals surface area contributed by atoms with Gasteiger partial charge in [-0.3, -0.25) is 0 Å². The van der Waals surface area contributed by atoms with Gasteiger partial charge in [0, 0.05) is 32.1 Å². The van der Waals surface area contributed by atoms with Gasteiger partial charge >= 0.3 is 0 Å². The van der Waals surface area contributed by atoms with Crippen molar-refractivity contribution in [1.29, 1.82) is 0 Å². The number of hydrogen-bond acceptors (Lipinski definition) is 5. The summed E-state index contributed by atoms with van der Waals surface area (Å²) in [5.41, 5.74) is 0. The number of anilines is 2. The van der Waals surface area contributed by atoms with Crippen LogP contribution >= 0.6 is 0 Å². The summed E-state index contributed by atoms with van der Waals surface area (Å²) in [4.78, 5) is 11.2. The van der Waals surface area contributed by atoms with Crippen LogP contribution in [0.2, 0.25) is 0 Å². The minimum Gasteiger partial charge on any atom is -0.373 e. The molecule has 1 unspecified atom stereocenters. The summed E-state index contributed by atoms with van der Waals surface area (Å²) in [6.45, 7) is 4.31. The fraction of sp³-hybridized carbons (Fsp3) is 0.667. The molecule has 1 fully saturated rings. The molecule has 1 aromatic rings. The summed E-state index contributed by atoms with van der Waals surface area (Å²) >= 11 is 0. The molecule has 0 bridgehead atoms. The third kappa shape index (κ3) is 3.06. The molecule has 0 aliphatic carbocycles. The molecule has 1 atom stereocenters. The van der Waals surface area contributed by atoms with Gasteiger partial charge in [-0.15, -0.1) is 0 Å². The maximum absolute atomic E-state index is 4.51. The number of likely N-dealkylation sites (N-methyl/N-ethyl adjacent to an activating group) is 1. The maximum atomic E-state index is 4.51. The molecule has 1 aliphatic heterocycles. The largest absolute Gasteiger partial charge is 0.373 e. The molecule has 94 valence electrons. The summed E-state index contributed by atoms with van der Waals surface area (Å²) in [5.74, 6) is 2.69. The lowest BCUT2D eigenvalue weighted by Crippen LogP contribution is -2.24. The van der Waals surface area contributed by atoms with Crippen LogP contribution in [0.15, 0.2) is 6.07 Å². The first-order chi connectivity index (χ1) is 8.21. The SMILES string of the molecule is CCc1nc(NC)cc(NC2CCN(C)C2)n1. The third-order valence-corrected chi connectivity index (χ3v) is 3.09. The van der Waals surface area contributed by atoms with Gasteiger partial charge in [0.25, 0.3) is 0 Å². The van der Waals surface area contributed by atoms with Gasteiger partial charge in [-0.2, -0.15) is 0 Å². The topological polar surface area (TPSA) is 53.1 Å². The van der Waals surface area contributed by atoms with Crippen molar-refractivity contribution in [2.75, 3.05) is 37.8 Å². The molecule has 2 heterocycles. The van der Waals surface area contributed by atoms with Crippen LogP contribution in [0.3, 0.4) is 0 Å². The molecular formula is C12H21N5. The first-order valence-corrected chi connectivity index (χ1v) is 6.22. The van der Waals surface area contributed by atoms with Crippen LogP contribution in [0.4, 0.5) is 11.6 Å². The summed E-state index contributed by atoms with van der Waals surface area (Å²) in [6, 6.07) is 2.47. The number of rotatable bonds is 4. The molecule has 0 amide bonds. The molecule has 0 radical (unpaired) electrons. The summed E-state index contributed by atoms with van der Waals surface area (Å²) < 4.78 is 0. The Balaban J connectivity index is 2.09. The Morgan fingerprint density at radius 2 is 2.18 bits per heavy atom. The van der Waals surface area contributed by atoms with Gasteiger partial charge in [-0.1, -0.05) is 6.92 Å². The van der Waals surface area contributed by atoms with Crippen LogP contribution in [0, 0.1) is 0 Å². The molecule has 2 N–H and O–H groups in total. The highest BCUT2D eigenvalue weighted by Gasteiger charge is 2.19. The predicted molar refractivity (Wildman–Crippen MR) is 70.5 cm³/mol. The van der Waals surface area contributed by atoms with Crippen molar-refractivity contribution >= 4 is 11.6 Å². The number of nitrogens with zero attached hydrogens (tertiary/aromatic N) is 3. The lowest BCUT2D eigenvalue weighted by atomic mass is 10.2. The Labute approximate surface area is 103 Å². The average molecular weight is 235 g/mol. The number of likely N-dealkylation sites (tertiary alicyclic amines) is 1. The minimum atomic E-state index is 0.504. The van der Waals surface area contributed by atoms with E-state index in [0.717, 1.165) is 37.0 Å². The molecule has 1 aromatic heterocycles. The van der Waals surface area contributed by atoms with Gasteiger partial charge in [0.1, 0.15) is 17.5 Å². The smallest absolute Gasteiger partial charge is 0.132 e. The molecule has 17 heavy (non-hydrogen) atoms. The van der Waals surface area contributed by atoms with E-state index in [0.29, 0.717) is 6.04 Å². The van der Waals surface area contributed by atoms with Crippen molar-refractivity contribution in [3.05, 3.63) is 11.9 Å². The zero-order valence-corrected chi connectivity index (χ0v) is 10.8. The predicted octanol–water partition coefficient (Wildman–Crippen LogP) is 1.20. The molecule has 0 spiro atoms. The Morgan fingerprint density at radius 3 is 2.76 bits per heavy atom. The number of hydrogen-bond donors (Lipinski definition) is 2. The highest BCUT2D eigenvalue weighted by Crippen LogP contribution is 2.16. The van der Waals surface area contributed by atoms with E-state index in [1.54, 1.807) is 0 Å². The first-order valence-electron chi connectivity index (χ1n) is 6.22. The van der Waals surface area contributed by atoms with Crippen molar-refractivity contribution in [1.82, 2.24) is 14.9 Å². The van der Waals surface area contributed by atoms with E-state index in [4.69, 9.17) is 0 Å². The second-order valence-corrected chi connectivity index (χ2v) is 4.55. The second kappa shape index (κ2) is 5.31. The lowest BCUT2D eigenvalue weighted by Gasteiger charge is -2.14. The van der Waals surface area contributed by atoms with Gasteiger partial charge < -0.3 is 15.5 Å². The van der Waals surface area contributed by atoms with Crippen LogP contribution < -0.4 is 10.6 Å². The van der Waals surface area contributed by atoms with Gasteiger partial charge in [-0.25, -0.2) is 9.97 Å². The van der Waals surface area contributed by atoms with E-state index in [2.05, 4.69) is 39.5 Å². The van der Waals surface area contributed by atoms with Crippen molar-refractivity contribution < 1.29 is 0 Å². The molecular weight excluding hydrogens is 214 g/mol. The van der Waals surface area contributed by atoms with E-state index in [-0.39, 0.29) is 0 Å². The normalized spacial score (nSPS) is 20.5. The van der Waals surface area contributed by atoms with E-state index in [1.165, 1.54) is 6.42 Å². The molecule has 5 heteroatoms. The molecule has 2 rings (SSSR count). The van der Waals surface area contributed by atoms with E-state index in [9.17, 15) is 0 Å². The molecule has 1 saturated heterocycles. The number of aromatic nitrogens is 2. The van der Waals surface area contributed by atoms with Crippen molar-refractivity contribution in [3.8, 4) is 0 Å². The quantitative estimate of drug-likeness (QED) is 0.821. The highest BCUT2D eigenvalue weighted by atomic mass is 15.2. The zero-order valence-electron chi connectivity index (χ0n) is 10.8. The van der Waals surface area contributed by atoms with Crippen LogP contribution in [0.25, 0.3) is 0 Å². The van der Waals surface area contributed by atoms with E-state index in [1.807, 2.05) is 13.1 Å². The Bertz CT molecular complexity index is 357. The molecule has 5 nitrogen and oxygen atoms in total. The Hall–Kier alpha value is -1.36. The Morgan fingerprint density at radius 1 is 1.41 bits per heavy atom. The standard InChI is InChI=1S/C12H21N5/c1-4-10-15-11(13-2)7-12(16-10)14-9-5-6-17(3)8-9/h7,9H,4-6,8H2,1-3H3,(H2,13,14,15,16). The monoisotopic (exact) mass is 235 g/mol. The summed E-state index contributed by atoms with van der Waals surface area (Å²) in [6.07, 6.45) is 2.03. The number of nitrogens with one attached hydrogen (secondary N) is 2. The zero-order chi connectivity index (χ0) is 12.3. The first kappa shape index (κ1) is 12.1. The molecule has 0 aromatic carbocycles. The fourth-order valence-corrected chi connectivity index (χ4v) is 2.12. The minimum absolute atomic E-state index is 0.504. The van der Waals surface area contributed by atoms with Crippen LogP contribution in [0.5, 0.6) is 0 Å². The van der Waals surface area contributed by atoms with Crippen molar-refractivity contribution in [2.24, 2.45) is 0 Å². The summed E-state index contributed by atoms with van der Waals surface area (Å²) in [5, 5.41) is 6.56. The van der Waals surface area contributed by atoms with Crippen LogP contribution in [-0.2, 0) is 6.42 Å². The van der Waals surface area contributed by atoms with E-state index < -0.39 is 0 Å². The van der Waals surface area contributed by atoms with Gasteiger partial charge in [0.2, 0.25) is 0 Å². The highest BCUT2D eigenvalue weighted by molar-refractivity contribution is 5.47. The Kier molecular flexibility index (Phi) is 3.78. The second-order valence-electron chi connectivity index (χ2n) is 4.55. The fourth-order valence-electron chi connectivity index (χ4n) is 2.12. The molecule has 0 saturated carbocycles. The summed E-state index contributed by atoms with van der Waals surface area (Å²) in [7, 11) is 4.03. The van der Waals surface area contributed by atoms with Gasteiger partial charge in [-0.05, 0) is 20.0 Å². The maximum Gasteiger partial charge on any atom is 0.132 e. The molecule has 1 aliphatic rings. The number of aryl methyl sites for hydroxylation is 1. The van der Waals surface area contributed by atoms with Crippen molar-refractivity contribution in [2.45, 2.75) is 25.8 Å². The lowest BCUT2D eigenvalue weighted by molar-refractivity contribution is 0.414. The van der Waals surface area contributed by atoms with Gasteiger partial charge in [0.05, 0.1) is 0 Å². The average Bonchev–Trinajstić information content (AvgIpc) is 2.74. The van der Waals surface area contributed by atoms with E-state index >= 15 is 0 Å². The van der Waals surface area contributed by atoms with Crippen LogP contribution in [0.1, 0.15) is 19.2 Å². The van der Waals surface area contributed by atoms with Crippen LogP contribution in [-0.4, -0.2) is 48.1 Å². The van der Waals surface area contributed by atoms with Crippen molar-refractivity contribution in [3.63, 3.8) is 0 Å². The third-order valence-electron chi connectivity index (χ3n) is 3.09. The van der Waals surface area contributed by atoms with Gasteiger partial charge in [0.15, 0.2) is 0 Å².